The molecule has 1 atom stereocenters. The fourth-order valence-electron chi connectivity index (χ4n) is 2.34. The summed E-state index contributed by atoms with van der Waals surface area (Å²) in [6, 6.07) is 11.2. The first-order valence-corrected chi connectivity index (χ1v) is 7.18. The van der Waals surface area contributed by atoms with Crippen molar-refractivity contribution < 1.29 is 18.7 Å². The van der Waals surface area contributed by atoms with Crippen LogP contribution in [0.1, 0.15) is 12.5 Å². The second kappa shape index (κ2) is 6.08. The van der Waals surface area contributed by atoms with Crippen LogP contribution in [0.25, 0.3) is 0 Å². The molecule has 0 saturated carbocycles. The van der Waals surface area contributed by atoms with Crippen LogP contribution in [0.3, 0.4) is 0 Å². The molecule has 3 rings (SSSR count). The highest BCUT2D eigenvalue weighted by Gasteiger charge is 2.25. The lowest BCUT2D eigenvalue weighted by atomic mass is 10.1. The number of nitrogens with one attached hydrogen (secondary N) is 2. The standard InChI is InChI=1S/C17H15FN2O3/c1-10-17(22)20-16-13(7-4-8-14(16)23-10)19-15(21)9-11-5-2-3-6-12(11)18/h2-8,10H,9H2,1H3,(H,19,21)(H,20,22). The number of hydrogen-bond acceptors (Lipinski definition) is 3. The highest BCUT2D eigenvalue weighted by atomic mass is 19.1. The molecule has 0 aliphatic carbocycles. The Labute approximate surface area is 132 Å². The molecule has 2 N–H and O–H groups in total. The molecule has 118 valence electrons. The molecule has 2 aromatic rings. The summed E-state index contributed by atoms with van der Waals surface area (Å²) in [5, 5.41) is 5.39. The second-order valence-electron chi connectivity index (χ2n) is 5.24. The Morgan fingerprint density at radius 3 is 2.83 bits per heavy atom. The van der Waals surface area contributed by atoms with Crippen molar-refractivity contribution in [2.75, 3.05) is 10.6 Å². The zero-order valence-corrected chi connectivity index (χ0v) is 12.4. The van der Waals surface area contributed by atoms with Gasteiger partial charge in [0, 0.05) is 0 Å². The molecular formula is C17H15FN2O3. The highest BCUT2D eigenvalue weighted by Crippen LogP contribution is 2.36. The summed E-state index contributed by atoms with van der Waals surface area (Å²) >= 11 is 0. The number of fused-ring (bicyclic) bond motifs is 1. The van der Waals surface area contributed by atoms with Gasteiger partial charge in [-0.1, -0.05) is 24.3 Å². The summed E-state index contributed by atoms with van der Waals surface area (Å²) in [5.41, 5.74) is 1.14. The van der Waals surface area contributed by atoms with Crippen molar-refractivity contribution in [3.63, 3.8) is 0 Å². The van der Waals surface area contributed by atoms with Crippen LogP contribution in [0, 0.1) is 5.82 Å². The van der Waals surface area contributed by atoms with E-state index in [1.54, 1.807) is 43.3 Å². The summed E-state index contributed by atoms with van der Waals surface area (Å²) in [6.45, 7) is 1.64. The van der Waals surface area contributed by atoms with E-state index in [0.717, 1.165) is 0 Å². The SMILES string of the molecule is CC1Oc2cccc(NC(=O)Cc3ccccc3F)c2NC1=O. The largest absolute Gasteiger partial charge is 0.479 e. The van der Waals surface area contributed by atoms with Crippen molar-refractivity contribution >= 4 is 23.2 Å². The third-order valence-electron chi connectivity index (χ3n) is 3.53. The van der Waals surface area contributed by atoms with Gasteiger partial charge < -0.3 is 15.4 Å². The van der Waals surface area contributed by atoms with E-state index in [1.807, 2.05) is 0 Å². The van der Waals surface area contributed by atoms with Gasteiger partial charge in [0.15, 0.2) is 6.10 Å². The molecular weight excluding hydrogens is 299 g/mol. The van der Waals surface area contributed by atoms with Crippen LogP contribution in [0.2, 0.25) is 0 Å². The molecule has 0 radical (unpaired) electrons. The van der Waals surface area contributed by atoms with E-state index in [2.05, 4.69) is 10.6 Å². The first-order chi connectivity index (χ1) is 11.0. The number of carbonyl (C=O) groups is 2. The average molecular weight is 314 g/mol. The van der Waals surface area contributed by atoms with Crippen molar-refractivity contribution in [2.45, 2.75) is 19.4 Å². The molecule has 6 heteroatoms. The van der Waals surface area contributed by atoms with Crippen LogP contribution in [0.15, 0.2) is 42.5 Å². The summed E-state index contributed by atoms with van der Waals surface area (Å²) in [6.07, 6.45) is -0.687. The van der Waals surface area contributed by atoms with Crippen LogP contribution in [0.4, 0.5) is 15.8 Å². The van der Waals surface area contributed by atoms with Crippen LogP contribution in [-0.2, 0) is 16.0 Å². The predicted octanol–water partition coefficient (Wildman–Crippen LogP) is 2.73. The smallest absolute Gasteiger partial charge is 0.265 e. The Morgan fingerprint density at radius 1 is 1.26 bits per heavy atom. The zero-order valence-electron chi connectivity index (χ0n) is 12.4. The number of carbonyl (C=O) groups excluding carboxylic acids is 2. The summed E-state index contributed by atoms with van der Waals surface area (Å²) in [7, 11) is 0. The average Bonchev–Trinajstić information content (AvgIpc) is 2.51. The maximum Gasteiger partial charge on any atom is 0.265 e. The monoisotopic (exact) mass is 314 g/mol. The molecule has 1 aliphatic rings. The maximum absolute atomic E-state index is 13.6. The molecule has 0 aromatic heterocycles. The van der Waals surface area contributed by atoms with E-state index >= 15 is 0 Å². The fraction of sp³-hybridized carbons (Fsp3) is 0.176. The van der Waals surface area contributed by atoms with Gasteiger partial charge in [0.1, 0.15) is 17.3 Å². The van der Waals surface area contributed by atoms with Gasteiger partial charge in [0.25, 0.3) is 5.91 Å². The van der Waals surface area contributed by atoms with Gasteiger partial charge in [0.2, 0.25) is 5.91 Å². The number of anilines is 2. The molecule has 1 unspecified atom stereocenters. The van der Waals surface area contributed by atoms with E-state index in [9.17, 15) is 14.0 Å². The molecule has 23 heavy (non-hydrogen) atoms. The van der Waals surface area contributed by atoms with Gasteiger partial charge in [-0.25, -0.2) is 4.39 Å². The molecule has 2 amide bonds. The van der Waals surface area contributed by atoms with E-state index in [-0.39, 0.29) is 18.2 Å². The zero-order chi connectivity index (χ0) is 16.4. The van der Waals surface area contributed by atoms with Gasteiger partial charge >= 0.3 is 0 Å². The van der Waals surface area contributed by atoms with Crippen molar-refractivity contribution in [2.24, 2.45) is 0 Å². The fourth-order valence-corrected chi connectivity index (χ4v) is 2.34. The predicted molar refractivity (Wildman–Crippen MR) is 83.9 cm³/mol. The lowest BCUT2D eigenvalue weighted by molar-refractivity contribution is -0.122. The highest BCUT2D eigenvalue weighted by molar-refractivity contribution is 6.04. The number of hydrogen-bond donors (Lipinski definition) is 2. The Hall–Kier alpha value is -2.89. The molecule has 0 spiro atoms. The summed E-state index contributed by atoms with van der Waals surface area (Å²) in [5.74, 6) is -0.603. The Kier molecular flexibility index (Phi) is 3.97. The second-order valence-corrected chi connectivity index (χ2v) is 5.24. The molecule has 1 heterocycles. The maximum atomic E-state index is 13.6. The van der Waals surface area contributed by atoms with Crippen LogP contribution in [0.5, 0.6) is 5.75 Å². The molecule has 0 bridgehead atoms. The quantitative estimate of drug-likeness (QED) is 0.915. The van der Waals surface area contributed by atoms with Crippen molar-refractivity contribution in [1.82, 2.24) is 0 Å². The van der Waals surface area contributed by atoms with Crippen molar-refractivity contribution in [3.05, 3.63) is 53.8 Å². The molecule has 2 aromatic carbocycles. The van der Waals surface area contributed by atoms with Gasteiger partial charge in [0.05, 0.1) is 12.1 Å². The number of amides is 2. The third-order valence-corrected chi connectivity index (χ3v) is 3.53. The number of halogens is 1. The minimum Gasteiger partial charge on any atom is -0.479 e. The van der Waals surface area contributed by atoms with E-state index in [4.69, 9.17) is 4.74 Å². The van der Waals surface area contributed by atoms with Crippen molar-refractivity contribution in [1.29, 1.82) is 0 Å². The Morgan fingerprint density at radius 2 is 2.04 bits per heavy atom. The van der Waals surface area contributed by atoms with Gasteiger partial charge in [-0.3, -0.25) is 9.59 Å². The first-order valence-electron chi connectivity index (χ1n) is 7.18. The normalized spacial score (nSPS) is 16.1. The molecule has 5 nitrogen and oxygen atoms in total. The number of rotatable bonds is 3. The van der Waals surface area contributed by atoms with E-state index in [0.29, 0.717) is 22.7 Å². The van der Waals surface area contributed by atoms with Gasteiger partial charge in [-0.2, -0.15) is 0 Å². The lowest BCUT2D eigenvalue weighted by Gasteiger charge is -2.25. The lowest BCUT2D eigenvalue weighted by Crippen LogP contribution is -2.35. The van der Waals surface area contributed by atoms with Gasteiger partial charge in [-0.15, -0.1) is 0 Å². The first kappa shape index (κ1) is 15.0. The summed E-state index contributed by atoms with van der Waals surface area (Å²) in [4.78, 5) is 23.9. The topological polar surface area (TPSA) is 67.4 Å². The van der Waals surface area contributed by atoms with Gasteiger partial charge in [-0.05, 0) is 30.7 Å². The third kappa shape index (κ3) is 3.15. The number of ether oxygens (including phenoxy) is 1. The van der Waals surface area contributed by atoms with E-state index in [1.165, 1.54) is 6.07 Å². The van der Waals surface area contributed by atoms with Crippen molar-refractivity contribution in [3.8, 4) is 5.75 Å². The Bertz CT molecular complexity index is 776. The minimum absolute atomic E-state index is 0.0957. The Balaban J connectivity index is 1.79. The van der Waals surface area contributed by atoms with Crippen LogP contribution in [-0.4, -0.2) is 17.9 Å². The van der Waals surface area contributed by atoms with E-state index < -0.39 is 11.9 Å². The molecule has 0 fully saturated rings. The molecule has 0 saturated heterocycles. The summed E-state index contributed by atoms with van der Waals surface area (Å²) < 4.78 is 19.1. The van der Waals surface area contributed by atoms with Crippen LogP contribution < -0.4 is 15.4 Å². The van der Waals surface area contributed by atoms with Crippen LogP contribution >= 0.6 is 0 Å². The number of para-hydroxylation sites is 1. The molecule has 1 aliphatic heterocycles. The number of benzene rings is 2. The minimum atomic E-state index is -0.591.